The number of aromatic nitrogens is 1. The van der Waals surface area contributed by atoms with Crippen LogP contribution in [0.1, 0.15) is 5.56 Å². The highest BCUT2D eigenvalue weighted by Gasteiger charge is 2.11. The van der Waals surface area contributed by atoms with Crippen LogP contribution in [-0.2, 0) is 6.54 Å². The second-order valence-electron chi connectivity index (χ2n) is 4.07. The summed E-state index contributed by atoms with van der Waals surface area (Å²) in [5, 5.41) is 13.5. The molecule has 1 aromatic carbocycles. The Bertz CT molecular complexity index is 562. The molecule has 0 aliphatic rings. The third-order valence-corrected chi connectivity index (χ3v) is 2.99. The smallest absolute Gasteiger partial charge is 0.200 e. The Morgan fingerprint density at radius 2 is 1.85 bits per heavy atom. The minimum atomic E-state index is -0.00749. The van der Waals surface area contributed by atoms with Gasteiger partial charge in [0.05, 0.1) is 26.1 Å². The molecular formula is C14H15ClN2O3. The molecule has 0 radical (unpaired) electrons. The van der Waals surface area contributed by atoms with Gasteiger partial charge in [0, 0.05) is 6.54 Å². The van der Waals surface area contributed by atoms with E-state index < -0.39 is 0 Å². The summed E-state index contributed by atoms with van der Waals surface area (Å²) < 4.78 is 10.2. The van der Waals surface area contributed by atoms with Crippen LogP contribution in [0.2, 0.25) is 5.15 Å². The van der Waals surface area contributed by atoms with Crippen LogP contribution >= 0.6 is 11.6 Å². The van der Waals surface area contributed by atoms with Gasteiger partial charge in [-0.15, -0.1) is 0 Å². The van der Waals surface area contributed by atoms with E-state index >= 15 is 0 Å². The van der Waals surface area contributed by atoms with Crippen LogP contribution in [0.25, 0.3) is 0 Å². The van der Waals surface area contributed by atoms with Gasteiger partial charge in [-0.1, -0.05) is 11.6 Å². The Labute approximate surface area is 122 Å². The lowest BCUT2D eigenvalue weighted by Gasteiger charge is -2.12. The fourth-order valence-electron chi connectivity index (χ4n) is 1.73. The average Bonchev–Trinajstić information content (AvgIpc) is 2.47. The van der Waals surface area contributed by atoms with Gasteiger partial charge >= 0.3 is 0 Å². The molecule has 0 unspecified atom stereocenters. The number of benzene rings is 1. The maximum absolute atomic E-state index is 9.83. The Morgan fingerprint density at radius 3 is 2.35 bits per heavy atom. The van der Waals surface area contributed by atoms with Gasteiger partial charge in [-0.3, -0.25) is 0 Å². The van der Waals surface area contributed by atoms with Crippen molar-refractivity contribution in [2.24, 2.45) is 0 Å². The Morgan fingerprint density at radius 1 is 1.20 bits per heavy atom. The van der Waals surface area contributed by atoms with Crippen LogP contribution in [0.15, 0.2) is 30.5 Å². The van der Waals surface area contributed by atoms with E-state index in [1.807, 2.05) is 6.07 Å². The minimum Gasteiger partial charge on any atom is -0.502 e. The molecular weight excluding hydrogens is 280 g/mol. The number of ether oxygens (including phenoxy) is 2. The molecule has 0 aliphatic heterocycles. The number of nitrogens with zero attached hydrogens (tertiary/aromatic N) is 1. The van der Waals surface area contributed by atoms with Gasteiger partial charge in [0.1, 0.15) is 5.15 Å². The van der Waals surface area contributed by atoms with Gasteiger partial charge in [0.2, 0.25) is 5.75 Å². The van der Waals surface area contributed by atoms with E-state index in [4.69, 9.17) is 21.1 Å². The largest absolute Gasteiger partial charge is 0.502 e. The lowest BCUT2D eigenvalue weighted by atomic mass is 10.1. The summed E-state index contributed by atoms with van der Waals surface area (Å²) in [7, 11) is 2.99. The van der Waals surface area contributed by atoms with Gasteiger partial charge in [0.25, 0.3) is 0 Å². The molecule has 2 N–H and O–H groups in total. The van der Waals surface area contributed by atoms with Crippen molar-refractivity contribution in [2.75, 3.05) is 19.5 Å². The van der Waals surface area contributed by atoms with E-state index in [2.05, 4.69) is 10.3 Å². The van der Waals surface area contributed by atoms with E-state index in [1.165, 1.54) is 14.2 Å². The molecule has 106 valence electrons. The zero-order valence-electron chi connectivity index (χ0n) is 11.2. The highest BCUT2D eigenvalue weighted by molar-refractivity contribution is 6.29. The third kappa shape index (κ3) is 3.24. The summed E-state index contributed by atoms with van der Waals surface area (Å²) in [5.41, 5.74) is 1.76. The number of hydrogen-bond donors (Lipinski definition) is 2. The van der Waals surface area contributed by atoms with Gasteiger partial charge < -0.3 is 19.9 Å². The van der Waals surface area contributed by atoms with Gasteiger partial charge in [-0.05, 0) is 29.8 Å². The van der Waals surface area contributed by atoms with E-state index in [1.54, 1.807) is 24.4 Å². The van der Waals surface area contributed by atoms with Gasteiger partial charge in [-0.25, -0.2) is 4.98 Å². The van der Waals surface area contributed by atoms with Crippen molar-refractivity contribution < 1.29 is 14.6 Å². The van der Waals surface area contributed by atoms with Crippen molar-refractivity contribution >= 4 is 17.3 Å². The number of phenolic OH excluding ortho intramolecular Hbond substituents is 1. The number of methoxy groups -OCH3 is 2. The minimum absolute atomic E-state index is 0.00749. The summed E-state index contributed by atoms with van der Waals surface area (Å²) >= 11 is 5.73. The fraction of sp³-hybridized carbons (Fsp3) is 0.214. The first-order valence-corrected chi connectivity index (χ1v) is 6.31. The van der Waals surface area contributed by atoms with Gasteiger partial charge in [0.15, 0.2) is 11.5 Å². The monoisotopic (exact) mass is 294 g/mol. The first-order chi connectivity index (χ1) is 9.63. The second kappa shape index (κ2) is 6.34. The number of pyridine rings is 1. The van der Waals surface area contributed by atoms with Crippen molar-refractivity contribution in [2.45, 2.75) is 6.54 Å². The number of nitrogens with one attached hydrogen (secondary N) is 1. The predicted molar refractivity (Wildman–Crippen MR) is 77.8 cm³/mol. The maximum Gasteiger partial charge on any atom is 0.200 e. The molecule has 0 spiro atoms. The van der Waals surface area contributed by atoms with Crippen molar-refractivity contribution in [3.05, 3.63) is 41.2 Å². The van der Waals surface area contributed by atoms with E-state index in [0.717, 1.165) is 11.3 Å². The normalized spacial score (nSPS) is 10.2. The topological polar surface area (TPSA) is 63.6 Å². The Kier molecular flexibility index (Phi) is 4.53. The Balaban J connectivity index is 2.14. The molecule has 0 atom stereocenters. The zero-order chi connectivity index (χ0) is 14.5. The number of aromatic hydroxyl groups is 1. The van der Waals surface area contributed by atoms with Crippen molar-refractivity contribution in [3.8, 4) is 17.2 Å². The highest BCUT2D eigenvalue weighted by atomic mass is 35.5. The fourth-order valence-corrected chi connectivity index (χ4v) is 1.85. The van der Waals surface area contributed by atoms with E-state index in [0.29, 0.717) is 23.2 Å². The van der Waals surface area contributed by atoms with Crippen LogP contribution in [-0.4, -0.2) is 24.3 Å². The molecule has 2 aromatic rings. The molecule has 0 aliphatic carbocycles. The molecule has 0 bridgehead atoms. The Hall–Kier alpha value is -2.14. The molecule has 5 nitrogen and oxygen atoms in total. The summed E-state index contributed by atoms with van der Waals surface area (Å²) in [5.74, 6) is 0.734. The van der Waals surface area contributed by atoms with Crippen LogP contribution in [0.3, 0.4) is 0 Å². The number of phenols is 1. The van der Waals surface area contributed by atoms with Crippen molar-refractivity contribution in [1.82, 2.24) is 4.98 Å². The molecule has 1 aromatic heterocycles. The molecule has 0 saturated heterocycles. The molecule has 20 heavy (non-hydrogen) atoms. The van der Waals surface area contributed by atoms with Crippen LogP contribution in [0.5, 0.6) is 17.2 Å². The van der Waals surface area contributed by atoms with Crippen molar-refractivity contribution in [3.63, 3.8) is 0 Å². The number of halogens is 1. The van der Waals surface area contributed by atoms with E-state index in [9.17, 15) is 5.11 Å². The summed E-state index contributed by atoms with van der Waals surface area (Å²) in [6.07, 6.45) is 1.65. The standard InChI is InChI=1S/C14H15ClN2O3/c1-19-11-5-9(6-12(20-2)14(11)18)7-16-10-3-4-13(15)17-8-10/h3-6,8,16,18H,7H2,1-2H3. The number of anilines is 1. The quantitative estimate of drug-likeness (QED) is 0.830. The number of rotatable bonds is 5. The third-order valence-electron chi connectivity index (χ3n) is 2.76. The summed E-state index contributed by atoms with van der Waals surface area (Å²) in [6.45, 7) is 0.538. The summed E-state index contributed by atoms with van der Waals surface area (Å²) in [6, 6.07) is 7.04. The zero-order valence-corrected chi connectivity index (χ0v) is 11.9. The lowest BCUT2D eigenvalue weighted by Crippen LogP contribution is -2.01. The van der Waals surface area contributed by atoms with E-state index in [-0.39, 0.29) is 5.75 Å². The SMILES string of the molecule is COc1cc(CNc2ccc(Cl)nc2)cc(OC)c1O. The predicted octanol–water partition coefficient (Wildman–Crippen LogP) is 3.07. The first kappa shape index (κ1) is 14.3. The van der Waals surface area contributed by atoms with Crippen LogP contribution < -0.4 is 14.8 Å². The van der Waals surface area contributed by atoms with Crippen molar-refractivity contribution in [1.29, 1.82) is 0 Å². The molecule has 0 amide bonds. The highest BCUT2D eigenvalue weighted by Crippen LogP contribution is 2.37. The lowest BCUT2D eigenvalue weighted by molar-refractivity contribution is 0.339. The van der Waals surface area contributed by atoms with Gasteiger partial charge in [-0.2, -0.15) is 0 Å². The first-order valence-electron chi connectivity index (χ1n) is 5.93. The molecule has 0 fully saturated rings. The molecule has 0 saturated carbocycles. The molecule has 6 heteroatoms. The average molecular weight is 295 g/mol. The van der Waals surface area contributed by atoms with Crippen LogP contribution in [0, 0.1) is 0 Å². The maximum atomic E-state index is 9.83. The second-order valence-corrected chi connectivity index (χ2v) is 4.46. The molecule has 2 rings (SSSR count). The summed E-state index contributed by atoms with van der Waals surface area (Å²) in [4.78, 5) is 3.99. The van der Waals surface area contributed by atoms with Crippen LogP contribution in [0.4, 0.5) is 5.69 Å². The molecule has 1 heterocycles. The number of hydrogen-bond acceptors (Lipinski definition) is 5.